The maximum atomic E-state index is 12.9. The number of rotatable bonds is 60. The van der Waals surface area contributed by atoms with Crippen molar-refractivity contribution in [3.63, 3.8) is 0 Å². The fourth-order valence-corrected chi connectivity index (χ4v) is 9.57. The van der Waals surface area contributed by atoms with Crippen LogP contribution < -0.4 is 0 Å². The Labute approximate surface area is 472 Å². The molecular weight excluding hydrogens is 937 g/mol. The SMILES string of the molecule is CC/C=C\C/C=C\C/C=C\C/C=C\C/C=C\C/C=C\CCCCCCCCC(=O)OC(COC(=O)CCCCCCCCC)COC(=O)CCCCCCCCCCCCCCCCCCCCCCCCCCCC. The minimum Gasteiger partial charge on any atom is -0.462 e. The summed E-state index contributed by atoms with van der Waals surface area (Å²) >= 11 is 0. The maximum absolute atomic E-state index is 12.9. The predicted octanol–water partition coefficient (Wildman–Crippen LogP) is 22.5. The van der Waals surface area contributed by atoms with Crippen molar-refractivity contribution in [2.75, 3.05) is 13.2 Å². The zero-order valence-corrected chi connectivity index (χ0v) is 50.5. The van der Waals surface area contributed by atoms with Crippen LogP contribution in [0.1, 0.15) is 335 Å². The normalized spacial score (nSPS) is 12.5. The molecule has 0 rings (SSSR count). The summed E-state index contributed by atoms with van der Waals surface area (Å²) in [6, 6.07) is 0. The van der Waals surface area contributed by atoms with E-state index in [4.69, 9.17) is 14.2 Å². The van der Waals surface area contributed by atoms with E-state index in [1.165, 1.54) is 186 Å². The van der Waals surface area contributed by atoms with Crippen molar-refractivity contribution in [3.05, 3.63) is 72.9 Å². The second-order valence-electron chi connectivity index (χ2n) is 22.0. The molecule has 0 aromatic rings. The second-order valence-corrected chi connectivity index (χ2v) is 22.0. The molecule has 0 aliphatic rings. The van der Waals surface area contributed by atoms with Crippen LogP contribution >= 0.6 is 0 Å². The molecule has 0 N–H and O–H groups in total. The third-order valence-corrected chi connectivity index (χ3v) is 14.5. The predicted molar refractivity (Wildman–Crippen MR) is 330 cm³/mol. The molecule has 6 nitrogen and oxygen atoms in total. The quantitative estimate of drug-likeness (QED) is 0.0261. The van der Waals surface area contributed by atoms with Crippen LogP contribution in [-0.4, -0.2) is 37.2 Å². The molecule has 0 amide bonds. The lowest BCUT2D eigenvalue weighted by molar-refractivity contribution is -0.167. The van der Waals surface area contributed by atoms with Crippen molar-refractivity contribution in [1.29, 1.82) is 0 Å². The summed E-state index contributed by atoms with van der Waals surface area (Å²) in [6.45, 7) is 6.52. The third-order valence-electron chi connectivity index (χ3n) is 14.5. The van der Waals surface area contributed by atoms with Crippen molar-refractivity contribution in [2.45, 2.75) is 341 Å². The summed E-state index contributed by atoms with van der Waals surface area (Å²) in [5.74, 6) is -0.884. The Morgan fingerprint density at radius 1 is 0.276 bits per heavy atom. The van der Waals surface area contributed by atoms with Gasteiger partial charge in [0.1, 0.15) is 13.2 Å². The smallest absolute Gasteiger partial charge is 0.306 e. The van der Waals surface area contributed by atoms with E-state index in [2.05, 4.69) is 93.7 Å². The molecule has 440 valence electrons. The molecule has 0 saturated heterocycles. The molecule has 1 unspecified atom stereocenters. The van der Waals surface area contributed by atoms with Gasteiger partial charge in [0.25, 0.3) is 0 Å². The van der Waals surface area contributed by atoms with E-state index in [0.29, 0.717) is 19.3 Å². The molecule has 0 aliphatic heterocycles. The highest BCUT2D eigenvalue weighted by Crippen LogP contribution is 2.18. The Morgan fingerprint density at radius 3 is 0.803 bits per heavy atom. The molecule has 0 saturated carbocycles. The van der Waals surface area contributed by atoms with Gasteiger partial charge >= 0.3 is 17.9 Å². The molecular formula is C70H124O6. The van der Waals surface area contributed by atoms with Crippen molar-refractivity contribution >= 4 is 17.9 Å². The third kappa shape index (κ3) is 61.7. The zero-order valence-electron chi connectivity index (χ0n) is 50.5. The van der Waals surface area contributed by atoms with Crippen molar-refractivity contribution in [1.82, 2.24) is 0 Å². The minimum absolute atomic E-state index is 0.0779. The first kappa shape index (κ1) is 72.8. The van der Waals surface area contributed by atoms with E-state index in [-0.39, 0.29) is 31.1 Å². The van der Waals surface area contributed by atoms with Crippen LogP contribution in [0.15, 0.2) is 72.9 Å². The van der Waals surface area contributed by atoms with Gasteiger partial charge in [0.05, 0.1) is 0 Å². The van der Waals surface area contributed by atoms with E-state index < -0.39 is 6.10 Å². The largest absolute Gasteiger partial charge is 0.462 e. The van der Waals surface area contributed by atoms with Gasteiger partial charge < -0.3 is 14.2 Å². The van der Waals surface area contributed by atoms with Crippen LogP contribution in [0.3, 0.4) is 0 Å². The van der Waals surface area contributed by atoms with E-state index in [0.717, 1.165) is 109 Å². The Hall–Kier alpha value is -3.15. The summed E-state index contributed by atoms with van der Waals surface area (Å²) in [7, 11) is 0. The van der Waals surface area contributed by atoms with Gasteiger partial charge in [-0.15, -0.1) is 0 Å². The Morgan fingerprint density at radius 2 is 0.513 bits per heavy atom. The monoisotopic (exact) mass is 1060 g/mol. The average Bonchev–Trinajstić information content (AvgIpc) is 3.42. The maximum Gasteiger partial charge on any atom is 0.306 e. The number of carbonyl (C=O) groups excluding carboxylic acids is 3. The van der Waals surface area contributed by atoms with Crippen molar-refractivity contribution < 1.29 is 28.6 Å². The van der Waals surface area contributed by atoms with Crippen molar-refractivity contribution in [3.8, 4) is 0 Å². The molecule has 6 heteroatoms. The van der Waals surface area contributed by atoms with Gasteiger partial charge in [-0.25, -0.2) is 0 Å². The summed E-state index contributed by atoms with van der Waals surface area (Å²) in [6.07, 6.45) is 83.7. The molecule has 76 heavy (non-hydrogen) atoms. The highest BCUT2D eigenvalue weighted by Gasteiger charge is 2.19. The van der Waals surface area contributed by atoms with E-state index in [1.807, 2.05) is 0 Å². The number of allylic oxidation sites excluding steroid dienone is 12. The van der Waals surface area contributed by atoms with Crippen LogP contribution in [0, 0.1) is 0 Å². The Kier molecular flexibility index (Phi) is 61.7. The number of carbonyl (C=O) groups is 3. The zero-order chi connectivity index (χ0) is 55.0. The average molecular weight is 1060 g/mol. The van der Waals surface area contributed by atoms with Gasteiger partial charge in [-0.2, -0.15) is 0 Å². The van der Waals surface area contributed by atoms with E-state index >= 15 is 0 Å². The van der Waals surface area contributed by atoms with Crippen LogP contribution in [0.5, 0.6) is 0 Å². The Bertz CT molecular complexity index is 1400. The summed E-state index contributed by atoms with van der Waals surface area (Å²) in [4.78, 5) is 38.1. The topological polar surface area (TPSA) is 78.9 Å². The number of hydrogen-bond donors (Lipinski definition) is 0. The summed E-state index contributed by atoms with van der Waals surface area (Å²) < 4.78 is 16.8. The molecule has 0 radical (unpaired) electrons. The van der Waals surface area contributed by atoms with Gasteiger partial charge in [0.15, 0.2) is 6.10 Å². The Balaban J connectivity index is 4.13. The molecule has 0 aliphatic carbocycles. The lowest BCUT2D eigenvalue weighted by Gasteiger charge is -2.18. The van der Waals surface area contributed by atoms with Gasteiger partial charge in [-0.3, -0.25) is 14.4 Å². The highest BCUT2D eigenvalue weighted by atomic mass is 16.6. The second kappa shape index (κ2) is 64.4. The molecule has 0 heterocycles. The number of hydrogen-bond acceptors (Lipinski definition) is 6. The summed E-state index contributed by atoms with van der Waals surface area (Å²) in [5, 5.41) is 0. The summed E-state index contributed by atoms with van der Waals surface area (Å²) in [5.41, 5.74) is 0. The van der Waals surface area contributed by atoms with Crippen molar-refractivity contribution in [2.24, 2.45) is 0 Å². The fraction of sp³-hybridized carbons (Fsp3) is 0.786. The van der Waals surface area contributed by atoms with Gasteiger partial charge in [0.2, 0.25) is 0 Å². The molecule has 0 aromatic heterocycles. The highest BCUT2D eigenvalue weighted by molar-refractivity contribution is 5.71. The lowest BCUT2D eigenvalue weighted by Crippen LogP contribution is -2.30. The van der Waals surface area contributed by atoms with Gasteiger partial charge in [-0.05, 0) is 70.6 Å². The first-order valence-corrected chi connectivity index (χ1v) is 32.9. The van der Waals surface area contributed by atoms with Crippen LogP contribution in [0.4, 0.5) is 0 Å². The number of ether oxygens (including phenoxy) is 3. The van der Waals surface area contributed by atoms with E-state index in [9.17, 15) is 14.4 Å². The molecule has 0 fully saturated rings. The molecule has 0 aromatic carbocycles. The lowest BCUT2D eigenvalue weighted by atomic mass is 10.0. The molecule has 1 atom stereocenters. The minimum atomic E-state index is -0.780. The number of unbranched alkanes of at least 4 members (excludes halogenated alkanes) is 37. The molecule has 0 spiro atoms. The first-order valence-electron chi connectivity index (χ1n) is 32.9. The van der Waals surface area contributed by atoms with Crippen LogP contribution in [0.25, 0.3) is 0 Å². The van der Waals surface area contributed by atoms with Gasteiger partial charge in [-0.1, -0.05) is 318 Å². The van der Waals surface area contributed by atoms with Crippen LogP contribution in [0.2, 0.25) is 0 Å². The number of esters is 3. The van der Waals surface area contributed by atoms with E-state index in [1.54, 1.807) is 0 Å². The fourth-order valence-electron chi connectivity index (χ4n) is 9.57. The molecule has 0 bridgehead atoms. The van der Waals surface area contributed by atoms with Crippen LogP contribution in [-0.2, 0) is 28.6 Å². The first-order chi connectivity index (χ1) is 37.5. The van der Waals surface area contributed by atoms with Gasteiger partial charge in [0, 0.05) is 19.3 Å². The standard InChI is InChI=1S/C70H124O6/c1-4-7-10-13-16-18-20-22-24-26-28-30-32-34-36-37-39-41-43-45-47-49-51-54-57-60-63-69(72)75-66-67(65-74-68(71)62-59-56-53-15-12-9-6-3)76-70(73)64-61-58-55-52-50-48-46-44-42-40-38-35-33-31-29-27-25-23-21-19-17-14-11-8-5-2/h8,11,17,19,23,25,29,31,35,38,42,44,67H,4-7,9-10,12-16,18,20-22,24,26-28,30,32-34,36-37,39-41,43,45-66H2,1-3H3/b11-8-,19-17-,25-23-,31-29-,38-35-,44-42-.